The number of pyridine rings is 2. The molecule has 0 bridgehead atoms. The van der Waals surface area contributed by atoms with Crippen LogP contribution in [-0.4, -0.2) is 118 Å². The molecular formula is C47H52ClF4N9O6. The van der Waals surface area contributed by atoms with Gasteiger partial charge in [0.05, 0.1) is 40.5 Å². The molecule has 2 aromatic carbocycles. The Morgan fingerprint density at radius 1 is 1.00 bits per heavy atom. The fraction of sp³-hybridized carbons (Fsp3) is 0.426. The largest absolute Gasteiger partial charge is 0.467 e. The van der Waals surface area contributed by atoms with E-state index < -0.39 is 52.9 Å². The Morgan fingerprint density at radius 3 is 2.40 bits per heavy atom. The van der Waals surface area contributed by atoms with Gasteiger partial charge in [-0.05, 0) is 93.5 Å². The number of methoxy groups -OCH3 is 1. The molecule has 0 radical (unpaired) electrons. The lowest BCUT2D eigenvalue weighted by Crippen LogP contribution is -2.54. The third kappa shape index (κ3) is 9.69. The van der Waals surface area contributed by atoms with Crippen LogP contribution in [0.15, 0.2) is 42.5 Å². The molecule has 0 aliphatic carbocycles. The van der Waals surface area contributed by atoms with Crippen molar-refractivity contribution in [3.05, 3.63) is 81.3 Å². The topological polar surface area (TPSA) is 169 Å². The van der Waals surface area contributed by atoms with Crippen LogP contribution in [0, 0.1) is 19.7 Å². The van der Waals surface area contributed by atoms with Crippen molar-refractivity contribution in [2.45, 2.75) is 78.6 Å². The molecule has 5 aromatic rings. The highest BCUT2D eigenvalue weighted by Gasteiger charge is 2.39. The number of hydrogen-bond donors (Lipinski definition) is 1. The number of carbonyl (C=O) groups excluding carboxylic acids is 3. The summed E-state index contributed by atoms with van der Waals surface area (Å²) in [5.41, 5.74) is 6.77. The summed E-state index contributed by atoms with van der Waals surface area (Å²) in [6.45, 7) is 13.7. The predicted molar refractivity (Wildman–Crippen MR) is 246 cm³/mol. The van der Waals surface area contributed by atoms with Gasteiger partial charge < -0.3 is 39.5 Å². The van der Waals surface area contributed by atoms with Crippen molar-refractivity contribution >= 4 is 63.1 Å². The second kappa shape index (κ2) is 19.4. The van der Waals surface area contributed by atoms with E-state index in [0.717, 1.165) is 35.5 Å². The number of ether oxygens (including phenoxy) is 3. The van der Waals surface area contributed by atoms with Crippen LogP contribution >= 0.6 is 11.6 Å². The Hall–Kier alpha value is -6.50. The minimum absolute atomic E-state index is 0.0302. The summed E-state index contributed by atoms with van der Waals surface area (Å²) < 4.78 is 76.0. The van der Waals surface area contributed by atoms with Crippen molar-refractivity contribution in [1.29, 1.82) is 0 Å². The quantitative estimate of drug-likeness (QED) is 0.0989. The van der Waals surface area contributed by atoms with Crippen LogP contribution in [0.3, 0.4) is 0 Å². The van der Waals surface area contributed by atoms with Crippen LogP contribution < -0.4 is 20.1 Å². The number of amides is 3. The second-order valence-corrected chi connectivity index (χ2v) is 17.2. The number of hydrogen-bond acceptors (Lipinski definition) is 12. The van der Waals surface area contributed by atoms with Gasteiger partial charge in [-0.1, -0.05) is 32.0 Å². The summed E-state index contributed by atoms with van der Waals surface area (Å²) in [5, 5.41) is 0.642. The zero-order valence-electron chi connectivity index (χ0n) is 38.3. The van der Waals surface area contributed by atoms with E-state index in [4.69, 9.17) is 36.5 Å². The van der Waals surface area contributed by atoms with E-state index in [-0.39, 0.29) is 83.5 Å². The number of halogens is 5. The molecule has 0 spiro atoms. The molecule has 20 heteroatoms. The highest BCUT2D eigenvalue weighted by atomic mass is 35.5. The minimum atomic E-state index is -4.91. The number of alkyl halides is 3. The van der Waals surface area contributed by atoms with Crippen LogP contribution in [-0.2, 0) is 28.5 Å². The first kappa shape index (κ1) is 48.4. The molecule has 2 fully saturated rings. The molecule has 5 heterocycles. The van der Waals surface area contributed by atoms with Crippen molar-refractivity contribution in [2.24, 2.45) is 0 Å². The van der Waals surface area contributed by atoms with Gasteiger partial charge in [0, 0.05) is 67.9 Å². The van der Waals surface area contributed by atoms with Gasteiger partial charge in [-0.3, -0.25) is 9.78 Å². The smallest absolute Gasteiger partial charge is 0.418 e. The number of nitrogen functional groups attached to an aromatic ring is 1. The van der Waals surface area contributed by atoms with Crippen LogP contribution in [0.25, 0.3) is 33.1 Å². The number of likely N-dealkylation sites (tertiary alicyclic amines) is 1. The van der Waals surface area contributed by atoms with Crippen LogP contribution in [0.2, 0.25) is 5.02 Å². The standard InChI is InChI=1S/C47H52ClF4N9O6/c1-9-30-27(6)54-35-14-13-29(19-32(35)31(30)10-2)67-45(63)58(7)22-28-12-11-15-61(28)46(64)66-23-25(4)43(62)59-16-17-60(26(5)21-59)42-33-20-34(48)37(39(49)40(33)56-44(57-42)65-8)41-38(47(50,51)52)24(3)18-36(53)55-41/h13-14,18-20,26,28H,4,9-12,15-17,21-23H2,1-3,5-8H3,(H2,53,55). The van der Waals surface area contributed by atoms with Crippen molar-refractivity contribution < 1.29 is 46.2 Å². The normalized spacial score (nSPS) is 16.4. The van der Waals surface area contributed by atoms with Gasteiger partial charge in [0.15, 0.2) is 5.82 Å². The van der Waals surface area contributed by atoms with E-state index in [1.165, 1.54) is 45.9 Å². The number of carbonyl (C=O) groups is 3. The van der Waals surface area contributed by atoms with Gasteiger partial charge in [0.1, 0.15) is 29.5 Å². The van der Waals surface area contributed by atoms with E-state index in [9.17, 15) is 27.6 Å². The number of benzene rings is 2. The molecule has 2 saturated heterocycles. The number of aryl methyl sites for hydroxylation is 3. The van der Waals surface area contributed by atoms with Gasteiger partial charge in [-0.2, -0.15) is 23.1 Å². The van der Waals surface area contributed by atoms with Crippen LogP contribution in [0.1, 0.15) is 61.6 Å². The third-order valence-corrected chi connectivity index (χ3v) is 12.6. The average Bonchev–Trinajstić information content (AvgIpc) is 3.74. The number of nitrogens with zero attached hydrogens (tertiary/aromatic N) is 8. The maximum atomic E-state index is 16.5. The summed E-state index contributed by atoms with van der Waals surface area (Å²) in [6, 6.07) is 6.65. The molecule has 7 rings (SSSR count). The highest BCUT2D eigenvalue weighted by molar-refractivity contribution is 6.34. The van der Waals surface area contributed by atoms with E-state index in [1.807, 2.05) is 19.1 Å². The van der Waals surface area contributed by atoms with Gasteiger partial charge >= 0.3 is 24.4 Å². The lowest BCUT2D eigenvalue weighted by atomic mass is 9.97. The Morgan fingerprint density at radius 2 is 1.73 bits per heavy atom. The number of nitrogens with two attached hydrogens (primary N) is 1. The summed E-state index contributed by atoms with van der Waals surface area (Å²) in [5.74, 6) is -1.34. The zero-order chi connectivity index (χ0) is 48.6. The maximum Gasteiger partial charge on any atom is 0.418 e. The first-order valence-corrected chi connectivity index (χ1v) is 22.2. The van der Waals surface area contributed by atoms with E-state index >= 15 is 4.39 Å². The summed E-state index contributed by atoms with van der Waals surface area (Å²) >= 11 is 6.57. The van der Waals surface area contributed by atoms with Crippen molar-refractivity contribution in [3.8, 4) is 23.0 Å². The lowest BCUT2D eigenvalue weighted by Gasteiger charge is -2.41. The second-order valence-electron chi connectivity index (χ2n) is 16.8. The maximum absolute atomic E-state index is 16.5. The Kier molecular flexibility index (Phi) is 14.0. The first-order chi connectivity index (χ1) is 31.7. The Bertz CT molecular complexity index is 2790. The molecule has 15 nitrogen and oxygen atoms in total. The summed E-state index contributed by atoms with van der Waals surface area (Å²) in [7, 11) is 2.87. The molecule has 3 aromatic heterocycles. The van der Waals surface area contributed by atoms with Gasteiger partial charge in [-0.15, -0.1) is 0 Å². The van der Waals surface area contributed by atoms with Gasteiger partial charge in [0.2, 0.25) is 0 Å². The van der Waals surface area contributed by atoms with Gasteiger partial charge in [-0.25, -0.2) is 19.0 Å². The SMILES string of the molecule is C=C(COC(=O)N1CCCC1CN(C)C(=O)Oc1ccc2nc(C)c(CC)c(CC)c2c1)C(=O)N1CCN(c2nc(OC)nc3c(F)c(-c4nc(N)cc(C)c4C(F)(F)F)c(Cl)cc23)C(C)C1. The first-order valence-electron chi connectivity index (χ1n) is 21.9. The Labute approximate surface area is 389 Å². The number of rotatable bonds is 11. The number of likely N-dealkylation sites (N-methyl/N-ethyl adjacent to an activating group) is 1. The monoisotopic (exact) mass is 949 g/mol. The van der Waals surface area contributed by atoms with E-state index in [0.29, 0.717) is 25.1 Å². The minimum Gasteiger partial charge on any atom is -0.467 e. The average molecular weight is 950 g/mol. The molecule has 67 heavy (non-hydrogen) atoms. The summed E-state index contributed by atoms with van der Waals surface area (Å²) in [6.07, 6.45) is -3.18. The fourth-order valence-electron chi connectivity index (χ4n) is 9.15. The lowest BCUT2D eigenvalue weighted by molar-refractivity contribution is -0.137. The van der Waals surface area contributed by atoms with Crippen molar-refractivity contribution in [1.82, 2.24) is 34.6 Å². The van der Waals surface area contributed by atoms with E-state index in [1.54, 1.807) is 24.9 Å². The predicted octanol–water partition coefficient (Wildman–Crippen LogP) is 8.71. The van der Waals surface area contributed by atoms with Crippen molar-refractivity contribution in [2.75, 3.05) is 64.1 Å². The molecule has 2 unspecified atom stereocenters. The van der Waals surface area contributed by atoms with Crippen LogP contribution in [0.5, 0.6) is 11.8 Å². The molecule has 2 aliphatic rings. The molecular weight excluding hydrogens is 898 g/mol. The fourth-order valence-corrected chi connectivity index (χ4v) is 9.43. The van der Waals surface area contributed by atoms with Crippen molar-refractivity contribution in [3.63, 3.8) is 0 Å². The number of piperazine rings is 1. The number of fused-ring (bicyclic) bond motifs is 2. The summed E-state index contributed by atoms with van der Waals surface area (Å²) in [4.78, 5) is 63.8. The zero-order valence-corrected chi connectivity index (χ0v) is 39.1. The molecule has 2 atom stereocenters. The highest BCUT2D eigenvalue weighted by Crippen LogP contribution is 2.45. The molecule has 356 valence electrons. The number of aromatic nitrogens is 4. The van der Waals surface area contributed by atoms with Crippen LogP contribution in [0.4, 0.5) is 38.8 Å². The molecule has 3 amide bonds. The van der Waals surface area contributed by atoms with E-state index in [2.05, 4.69) is 35.4 Å². The molecule has 0 saturated carbocycles. The number of anilines is 2. The molecule has 2 N–H and O–H groups in total. The van der Waals surface area contributed by atoms with Gasteiger partial charge in [0.25, 0.3) is 5.91 Å². The molecule has 2 aliphatic heterocycles. The Balaban J connectivity index is 0.980. The third-order valence-electron chi connectivity index (χ3n) is 12.3.